The number of carbonyl (C=O) groups excluding carboxylic acids is 1. The molecule has 0 bridgehead atoms. The lowest BCUT2D eigenvalue weighted by Crippen LogP contribution is -2.22. The highest BCUT2D eigenvalue weighted by molar-refractivity contribution is 7.91. The summed E-state index contributed by atoms with van der Waals surface area (Å²) in [6.07, 6.45) is 0.972. The Kier molecular flexibility index (Phi) is 3.59. The van der Waals surface area contributed by atoms with Gasteiger partial charge in [0.15, 0.2) is 20.8 Å². The summed E-state index contributed by atoms with van der Waals surface area (Å²) < 4.78 is 21.5. The Morgan fingerprint density at radius 2 is 2.13 bits per heavy atom. The SMILES string of the molecule is CS(=O)(=O)CC(=O)Nc1ccc(Cl)nn1. The van der Waals surface area contributed by atoms with E-state index >= 15 is 0 Å². The van der Waals surface area contributed by atoms with E-state index in [0.29, 0.717) is 0 Å². The van der Waals surface area contributed by atoms with Crippen molar-refractivity contribution >= 4 is 33.2 Å². The van der Waals surface area contributed by atoms with Gasteiger partial charge in [0.25, 0.3) is 0 Å². The molecular weight excluding hydrogens is 242 g/mol. The van der Waals surface area contributed by atoms with Crippen molar-refractivity contribution in [3.63, 3.8) is 0 Å². The average molecular weight is 250 g/mol. The molecule has 0 saturated carbocycles. The minimum atomic E-state index is -3.34. The number of anilines is 1. The summed E-state index contributed by atoms with van der Waals surface area (Å²) in [4.78, 5) is 11.1. The summed E-state index contributed by atoms with van der Waals surface area (Å²) in [5, 5.41) is 9.49. The molecule has 1 amide bonds. The summed E-state index contributed by atoms with van der Waals surface area (Å²) in [6.45, 7) is 0. The van der Waals surface area contributed by atoms with E-state index in [1.165, 1.54) is 12.1 Å². The fraction of sp³-hybridized carbons (Fsp3) is 0.286. The molecule has 8 heteroatoms. The second-order valence-electron chi connectivity index (χ2n) is 2.86. The van der Waals surface area contributed by atoms with Crippen LogP contribution in [-0.4, -0.2) is 36.5 Å². The molecule has 1 rings (SSSR count). The van der Waals surface area contributed by atoms with Gasteiger partial charge in [0, 0.05) is 6.26 Å². The molecule has 0 unspecified atom stereocenters. The number of hydrogen-bond donors (Lipinski definition) is 1. The second-order valence-corrected chi connectivity index (χ2v) is 5.39. The van der Waals surface area contributed by atoms with E-state index in [-0.39, 0.29) is 11.0 Å². The molecule has 1 aromatic heterocycles. The standard InChI is InChI=1S/C7H8ClN3O3S/c1-15(13,14)4-7(12)9-6-3-2-5(8)10-11-6/h2-3H,4H2,1H3,(H,9,11,12). The van der Waals surface area contributed by atoms with Crippen molar-refractivity contribution < 1.29 is 13.2 Å². The fourth-order valence-electron chi connectivity index (χ4n) is 0.800. The van der Waals surface area contributed by atoms with Gasteiger partial charge < -0.3 is 5.32 Å². The molecule has 0 aromatic carbocycles. The lowest BCUT2D eigenvalue weighted by Gasteiger charge is -2.01. The smallest absolute Gasteiger partial charge is 0.240 e. The normalized spacial score (nSPS) is 11.1. The molecule has 15 heavy (non-hydrogen) atoms. The van der Waals surface area contributed by atoms with Crippen LogP contribution in [0.4, 0.5) is 5.82 Å². The molecule has 0 radical (unpaired) electrons. The first-order valence-electron chi connectivity index (χ1n) is 3.83. The first kappa shape index (κ1) is 11.9. The minimum Gasteiger partial charge on any atom is -0.308 e. The number of hydrogen-bond acceptors (Lipinski definition) is 5. The topological polar surface area (TPSA) is 89.0 Å². The summed E-state index contributed by atoms with van der Waals surface area (Å²) in [5.74, 6) is -1.08. The number of halogens is 1. The monoisotopic (exact) mass is 249 g/mol. The first-order valence-corrected chi connectivity index (χ1v) is 6.27. The van der Waals surface area contributed by atoms with Gasteiger partial charge in [0.05, 0.1) is 0 Å². The van der Waals surface area contributed by atoms with Crippen LogP contribution in [0.3, 0.4) is 0 Å². The van der Waals surface area contributed by atoms with Crippen molar-refractivity contribution in [3.8, 4) is 0 Å². The Bertz CT molecular complexity index is 457. The minimum absolute atomic E-state index is 0.160. The highest BCUT2D eigenvalue weighted by Crippen LogP contribution is 2.05. The van der Waals surface area contributed by atoms with Gasteiger partial charge >= 0.3 is 0 Å². The predicted molar refractivity (Wildman–Crippen MR) is 55.4 cm³/mol. The third-order valence-electron chi connectivity index (χ3n) is 1.29. The van der Waals surface area contributed by atoms with Crippen LogP contribution >= 0.6 is 11.6 Å². The summed E-state index contributed by atoms with van der Waals surface area (Å²) in [5.41, 5.74) is 0. The van der Waals surface area contributed by atoms with Gasteiger partial charge in [-0.15, -0.1) is 10.2 Å². The Balaban J connectivity index is 2.63. The zero-order valence-electron chi connectivity index (χ0n) is 7.77. The molecule has 1 heterocycles. The predicted octanol–water partition coefficient (Wildman–Crippen LogP) is 0.113. The van der Waals surface area contributed by atoms with Gasteiger partial charge in [0.1, 0.15) is 5.75 Å². The maximum Gasteiger partial charge on any atom is 0.240 e. The quantitative estimate of drug-likeness (QED) is 0.822. The number of carbonyl (C=O) groups is 1. The van der Waals surface area contributed by atoms with E-state index in [4.69, 9.17) is 11.6 Å². The van der Waals surface area contributed by atoms with Crippen LogP contribution in [0.5, 0.6) is 0 Å². The molecule has 1 aromatic rings. The molecule has 0 aliphatic rings. The van der Waals surface area contributed by atoms with Crippen molar-refractivity contribution in [3.05, 3.63) is 17.3 Å². The number of amides is 1. The van der Waals surface area contributed by atoms with Gasteiger partial charge in [-0.3, -0.25) is 4.79 Å². The van der Waals surface area contributed by atoms with Gasteiger partial charge in [0.2, 0.25) is 5.91 Å². The fourth-order valence-corrected chi connectivity index (χ4v) is 1.45. The zero-order chi connectivity index (χ0) is 11.5. The van der Waals surface area contributed by atoms with Crippen molar-refractivity contribution in [1.82, 2.24) is 10.2 Å². The zero-order valence-corrected chi connectivity index (χ0v) is 9.34. The highest BCUT2D eigenvalue weighted by atomic mass is 35.5. The van der Waals surface area contributed by atoms with Crippen molar-refractivity contribution in [2.45, 2.75) is 0 Å². The largest absolute Gasteiger partial charge is 0.308 e. The maximum atomic E-state index is 11.1. The number of nitrogens with one attached hydrogen (secondary N) is 1. The molecular formula is C7H8ClN3O3S. The molecule has 82 valence electrons. The van der Waals surface area contributed by atoms with E-state index in [1.807, 2.05) is 0 Å². The van der Waals surface area contributed by atoms with E-state index in [0.717, 1.165) is 6.26 Å². The van der Waals surface area contributed by atoms with Crippen LogP contribution in [0.15, 0.2) is 12.1 Å². The maximum absolute atomic E-state index is 11.1. The molecule has 1 N–H and O–H groups in total. The van der Waals surface area contributed by atoms with E-state index < -0.39 is 21.5 Å². The third-order valence-corrected chi connectivity index (χ3v) is 2.28. The van der Waals surface area contributed by atoms with E-state index in [9.17, 15) is 13.2 Å². The van der Waals surface area contributed by atoms with Gasteiger partial charge in [-0.25, -0.2) is 8.42 Å². The van der Waals surface area contributed by atoms with E-state index in [2.05, 4.69) is 15.5 Å². The van der Waals surface area contributed by atoms with Gasteiger partial charge in [-0.05, 0) is 12.1 Å². The molecule has 0 fully saturated rings. The number of nitrogens with zero attached hydrogens (tertiary/aromatic N) is 2. The van der Waals surface area contributed by atoms with Crippen LogP contribution in [0.1, 0.15) is 0 Å². The molecule has 0 atom stereocenters. The lowest BCUT2D eigenvalue weighted by molar-refractivity contribution is -0.113. The Labute approximate surface area is 91.6 Å². The van der Waals surface area contributed by atoms with Crippen LogP contribution in [-0.2, 0) is 14.6 Å². The van der Waals surface area contributed by atoms with Gasteiger partial charge in [-0.1, -0.05) is 11.6 Å². The Morgan fingerprint density at radius 1 is 1.47 bits per heavy atom. The third kappa shape index (κ3) is 4.71. The van der Waals surface area contributed by atoms with Crippen LogP contribution < -0.4 is 5.32 Å². The second kappa shape index (κ2) is 4.54. The molecule has 0 spiro atoms. The van der Waals surface area contributed by atoms with Crippen molar-refractivity contribution in [2.75, 3.05) is 17.3 Å². The Hall–Kier alpha value is -1.21. The summed E-state index contributed by atoms with van der Waals surface area (Å²) in [6, 6.07) is 2.86. The highest BCUT2D eigenvalue weighted by Gasteiger charge is 2.11. The molecule has 0 saturated heterocycles. The first-order chi connectivity index (χ1) is 6.87. The molecule has 0 aliphatic carbocycles. The number of rotatable bonds is 3. The average Bonchev–Trinajstić information content (AvgIpc) is 2.05. The molecule has 0 aliphatic heterocycles. The summed E-state index contributed by atoms with van der Waals surface area (Å²) >= 11 is 5.47. The number of aromatic nitrogens is 2. The summed E-state index contributed by atoms with van der Waals surface area (Å²) in [7, 11) is -3.34. The van der Waals surface area contributed by atoms with Crippen molar-refractivity contribution in [2.24, 2.45) is 0 Å². The van der Waals surface area contributed by atoms with E-state index in [1.54, 1.807) is 0 Å². The lowest BCUT2D eigenvalue weighted by atomic mass is 10.5. The van der Waals surface area contributed by atoms with Gasteiger partial charge in [-0.2, -0.15) is 0 Å². The Morgan fingerprint density at radius 3 is 2.60 bits per heavy atom. The molecule has 6 nitrogen and oxygen atoms in total. The van der Waals surface area contributed by atoms with Crippen molar-refractivity contribution in [1.29, 1.82) is 0 Å². The van der Waals surface area contributed by atoms with Crippen LogP contribution in [0.2, 0.25) is 5.15 Å². The van der Waals surface area contributed by atoms with Crippen LogP contribution in [0.25, 0.3) is 0 Å². The van der Waals surface area contributed by atoms with Crippen LogP contribution in [0, 0.1) is 0 Å². The number of sulfone groups is 1.